The minimum atomic E-state index is -0.836. The Bertz CT molecular complexity index is 417. The molecule has 108 valence electrons. The van der Waals surface area contributed by atoms with Gasteiger partial charge in [-0.15, -0.1) is 0 Å². The van der Waals surface area contributed by atoms with Crippen LogP contribution in [-0.4, -0.2) is 52.8 Å². The lowest BCUT2D eigenvalue weighted by Crippen LogP contribution is -2.43. The molecule has 1 unspecified atom stereocenters. The SMILES string of the molecule is CC(C)c1c(N)ncnc1NCC(C)(O)CN(C)C. The van der Waals surface area contributed by atoms with E-state index in [1.807, 2.05) is 32.8 Å². The van der Waals surface area contributed by atoms with Crippen molar-refractivity contribution in [2.24, 2.45) is 0 Å². The fourth-order valence-electron chi connectivity index (χ4n) is 2.13. The average molecular weight is 267 g/mol. The molecule has 0 bridgehead atoms. The number of anilines is 2. The van der Waals surface area contributed by atoms with E-state index in [0.717, 1.165) is 5.56 Å². The predicted octanol–water partition coefficient (Wildman–Crippen LogP) is 0.907. The molecule has 0 aliphatic heterocycles. The van der Waals surface area contributed by atoms with Crippen molar-refractivity contribution in [3.8, 4) is 0 Å². The predicted molar refractivity (Wildman–Crippen MR) is 78.2 cm³/mol. The van der Waals surface area contributed by atoms with E-state index in [-0.39, 0.29) is 5.92 Å². The van der Waals surface area contributed by atoms with E-state index in [0.29, 0.717) is 24.7 Å². The van der Waals surface area contributed by atoms with Crippen LogP contribution in [0.1, 0.15) is 32.3 Å². The first kappa shape index (κ1) is 15.7. The lowest BCUT2D eigenvalue weighted by Gasteiger charge is -2.28. The monoisotopic (exact) mass is 267 g/mol. The second kappa shape index (κ2) is 6.16. The average Bonchev–Trinajstić information content (AvgIpc) is 2.24. The van der Waals surface area contributed by atoms with Gasteiger partial charge in [0.2, 0.25) is 0 Å². The van der Waals surface area contributed by atoms with Crippen molar-refractivity contribution >= 4 is 11.6 Å². The Balaban J connectivity index is 2.81. The summed E-state index contributed by atoms with van der Waals surface area (Å²) in [6.07, 6.45) is 1.43. The number of aliphatic hydroxyl groups is 1. The third-order valence-electron chi connectivity index (χ3n) is 2.79. The summed E-state index contributed by atoms with van der Waals surface area (Å²) in [5.74, 6) is 1.41. The van der Waals surface area contributed by atoms with Crippen molar-refractivity contribution in [1.29, 1.82) is 0 Å². The minimum Gasteiger partial charge on any atom is -0.387 e. The van der Waals surface area contributed by atoms with Gasteiger partial charge in [0.25, 0.3) is 0 Å². The van der Waals surface area contributed by atoms with Crippen LogP contribution in [0.25, 0.3) is 0 Å². The molecule has 0 aliphatic carbocycles. The Morgan fingerprint density at radius 3 is 2.58 bits per heavy atom. The lowest BCUT2D eigenvalue weighted by molar-refractivity contribution is 0.0459. The highest BCUT2D eigenvalue weighted by molar-refractivity contribution is 5.56. The standard InChI is InChI=1S/C13H25N5O/c1-9(2)10-11(14)16-8-17-12(10)15-6-13(3,19)7-18(4)5/h8-9,19H,6-7H2,1-5H3,(H3,14,15,16,17). The first-order chi connectivity index (χ1) is 8.73. The molecule has 1 rings (SSSR count). The molecule has 6 heteroatoms. The summed E-state index contributed by atoms with van der Waals surface area (Å²) in [5.41, 5.74) is 5.94. The molecule has 1 heterocycles. The summed E-state index contributed by atoms with van der Waals surface area (Å²) >= 11 is 0. The summed E-state index contributed by atoms with van der Waals surface area (Å²) in [6, 6.07) is 0. The van der Waals surface area contributed by atoms with E-state index in [1.54, 1.807) is 6.92 Å². The third-order valence-corrected chi connectivity index (χ3v) is 2.79. The van der Waals surface area contributed by atoms with Crippen LogP contribution in [-0.2, 0) is 0 Å². The van der Waals surface area contributed by atoms with E-state index < -0.39 is 5.60 Å². The van der Waals surface area contributed by atoms with Crippen molar-refractivity contribution in [3.05, 3.63) is 11.9 Å². The number of nitrogens with zero attached hydrogens (tertiary/aromatic N) is 3. The van der Waals surface area contributed by atoms with E-state index in [4.69, 9.17) is 5.73 Å². The largest absolute Gasteiger partial charge is 0.387 e. The minimum absolute atomic E-state index is 0.225. The van der Waals surface area contributed by atoms with Crippen molar-refractivity contribution in [2.75, 3.05) is 38.2 Å². The summed E-state index contributed by atoms with van der Waals surface area (Å²) < 4.78 is 0. The zero-order valence-electron chi connectivity index (χ0n) is 12.4. The van der Waals surface area contributed by atoms with Crippen LogP contribution >= 0.6 is 0 Å². The van der Waals surface area contributed by atoms with Crippen molar-refractivity contribution in [2.45, 2.75) is 32.3 Å². The second-order valence-corrected chi connectivity index (χ2v) is 5.76. The van der Waals surface area contributed by atoms with Crippen LogP contribution in [0.15, 0.2) is 6.33 Å². The number of nitrogens with two attached hydrogens (primary N) is 1. The van der Waals surface area contributed by atoms with Gasteiger partial charge in [-0.25, -0.2) is 9.97 Å². The lowest BCUT2D eigenvalue weighted by atomic mass is 10.0. The van der Waals surface area contributed by atoms with Gasteiger partial charge in [0.15, 0.2) is 0 Å². The van der Waals surface area contributed by atoms with Gasteiger partial charge in [-0.3, -0.25) is 0 Å². The number of hydrogen-bond donors (Lipinski definition) is 3. The van der Waals surface area contributed by atoms with Crippen LogP contribution in [0, 0.1) is 0 Å². The molecule has 0 amide bonds. The number of aromatic nitrogens is 2. The van der Waals surface area contributed by atoms with Gasteiger partial charge in [0.1, 0.15) is 18.0 Å². The summed E-state index contributed by atoms with van der Waals surface area (Å²) in [7, 11) is 3.85. The molecule has 1 atom stereocenters. The fourth-order valence-corrected chi connectivity index (χ4v) is 2.13. The fraction of sp³-hybridized carbons (Fsp3) is 0.692. The molecule has 4 N–H and O–H groups in total. The van der Waals surface area contributed by atoms with Gasteiger partial charge >= 0.3 is 0 Å². The smallest absolute Gasteiger partial charge is 0.135 e. The van der Waals surface area contributed by atoms with Crippen LogP contribution in [0.2, 0.25) is 0 Å². The first-order valence-corrected chi connectivity index (χ1v) is 6.44. The maximum absolute atomic E-state index is 10.3. The summed E-state index contributed by atoms with van der Waals surface area (Å²) in [5, 5.41) is 13.4. The van der Waals surface area contributed by atoms with Gasteiger partial charge < -0.3 is 21.1 Å². The Labute approximate surface area is 115 Å². The highest BCUT2D eigenvalue weighted by atomic mass is 16.3. The molecule has 1 aromatic rings. The van der Waals surface area contributed by atoms with E-state index >= 15 is 0 Å². The van der Waals surface area contributed by atoms with Gasteiger partial charge in [0, 0.05) is 18.7 Å². The molecule has 0 aliphatic rings. The number of hydrogen-bond acceptors (Lipinski definition) is 6. The first-order valence-electron chi connectivity index (χ1n) is 6.44. The molecule has 19 heavy (non-hydrogen) atoms. The van der Waals surface area contributed by atoms with E-state index in [2.05, 4.69) is 15.3 Å². The summed E-state index contributed by atoms with van der Waals surface area (Å²) in [6.45, 7) is 6.84. The van der Waals surface area contributed by atoms with Crippen molar-refractivity contribution in [1.82, 2.24) is 14.9 Å². The highest BCUT2D eigenvalue weighted by Gasteiger charge is 2.22. The maximum Gasteiger partial charge on any atom is 0.135 e. The van der Waals surface area contributed by atoms with Crippen molar-refractivity contribution in [3.63, 3.8) is 0 Å². The Kier molecular flexibility index (Phi) is 5.08. The molecule has 0 radical (unpaired) electrons. The molecule has 0 spiro atoms. The Morgan fingerprint density at radius 1 is 1.42 bits per heavy atom. The topological polar surface area (TPSA) is 87.3 Å². The van der Waals surface area contributed by atoms with Crippen LogP contribution in [0.4, 0.5) is 11.6 Å². The molecule has 0 aromatic carbocycles. The van der Waals surface area contributed by atoms with Gasteiger partial charge in [-0.2, -0.15) is 0 Å². The normalized spacial score (nSPS) is 14.7. The summed E-state index contributed by atoms with van der Waals surface area (Å²) in [4.78, 5) is 10.2. The zero-order valence-corrected chi connectivity index (χ0v) is 12.4. The van der Waals surface area contributed by atoms with Gasteiger partial charge in [-0.1, -0.05) is 13.8 Å². The third kappa shape index (κ3) is 4.65. The number of nitrogen functional groups attached to an aromatic ring is 1. The van der Waals surface area contributed by atoms with E-state index in [1.165, 1.54) is 6.33 Å². The molecule has 0 saturated carbocycles. The van der Waals surface area contributed by atoms with Crippen LogP contribution in [0.3, 0.4) is 0 Å². The maximum atomic E-state index is 10.3. The molecule has 6 nitrogen and oxygen atoms in total. The second-order valence-electron chi connectivity index (χ2n) is 5.76. The Hall–Kier alpha value is -1.40. The molecule has 0 saturated heterocycles. The van der Waals surface area contributed by atoms with Crippen LogP contribution < -0.4 is 11.1 Å². The number of rotatable bonds is 6. The molecular weight excluding hydrogens is 242 g/mol. The molecular formula is C13H25N5O. The Morgan fingerprint density at radius 2 is 2.05 bits per heavy atom. The number of nitrogens with one attached hydrogen (secondary N) is 1. The zero-order chi connectivity index (χ0) is 14.6. The number of likely N-dealkylation sites (N-methyl/N-ethyl adjacent to an activating group) is 1. The van der Waals surface area contributed by atoms with Gasteiger partial charge in [0.05, 0.1) is 5.60 Å². The van der Waals surface area contributed by atoms with Crippen LogP contribution in [0.5, 0.6) is 0 Å². The highest BCUT2D eigenvalue weighted by Crippen LogP contribution is 2.26. The van der Waals surface area contributed by atoms with Crippen molar-refractivity contribution < 1.29 is 5.11 Å². The van der Waals surface area contributed by atoms with E-state index in [9.17, 15) is 5.11 Å². The van der Waals surface area contributed by atoms with Gasteiger partial charge in [-0.05, 0) is 26.9 Å². The molecule has 0 fully saturated rings. The molecule has 1 aromatic heterocycles. The quantitative estimate of drug-likeness (QED) is 0.710.